The van der Waals surface area contributed by atoms with Crippen LogP contribution < -0.4 is 10.6 Å². The summed E-state index contributed by atoms with van der Waals surface area (Å²) in [6, 6.07) is 6.64. The first kappa shape index (κ1) is 18.3. The van der Waals surface area contributed by atoms with Gasteiger partial charge in [0.15, 0.2) is 0 Å². The van der Waals surface area contributed by atoms with Crippen molar-refractivity contribution in [1.82, 2.24) is 5.32 Å². The fourth-order valence-corrected chi connectivity index (χ4v) is 5.69. The molecule has 146 valence electrons. The predicted octanol–water partition coefficient (Wildman–Crippen LogP) is 4.02. The van der Waals surface area contributed by atoms with Crippen LogP contribution in [-0.2, 0) is 16.1 Å². The third-order valence-corrected chi connectivity index (χ3v) is 6.42. The van der Waals surface area contributed by atoms with E-state index in [0.29, 0.717) is 29.0 Å². The quantitative estimate of drug-likeness (QED) is 0.829. The fourth-order valence-electron chi connectivity index (χ4n) is 5.69. The lowest BCUT2D eigenvalue weighted by Crippen LogP contribution is -2.51. The van der Waals surface area contributed by atoms with Crippen LogP contribution in [-0.4, -0.2) is 18.0 Å². The van der Waals surface area contributed by atoms with Crippen molar-refractivity contribution in [2.45, 2.75) is 51.2 Å². The van der Waals surface area contributed by atoms with Gasteiger partial charge < -0.3 is 10.6 Å². The summed E-state index contributed by atoms with van der Waals surface area (Å²) in [5.41, 5.74) is 0.792. The first-order valence-corrected chi connectivity index (χ1v) is 9.49. The van der Waals surface area contributed by atoms with Crippen LogP contribution in [0.5, 0.6) is 0 Å². The van der Waals surface area contributed by atoms with Gasteiger partial charge >= 0.3 is 12.1 Å². The van der Waals surface area contributed by atoms with Gasteiger partial charge in [0.1, 0.15) is 0 Å². The van der Waals surface area contributed by atoms with E-state index in [1.54, 1.807) is 24.3 Å². The number of carbonyl (C=O) groups is 2. The minimum Gasteiger partial charge on any atom is -0.344 e. The number of hydrogen-bond donors (Lipinski definition) is 2. The molecule has 2 amide bonds. The normalized spacial score (nSPS) is 31.6. The average molecular weight is 380 g/mol. The Labute approximate surface area is 155 Å². The maximum absolute atomic E-state index is 13.0. The lowest BCUT2D eigenvalue weighted by molar-refractivity contribution is -0.173. The zero-order valence-electron chi connectivity index (χ0n) is 14.9. The number of carbonyl (C=O) groups excluding carboxylic acids is 2. The molecule has 7 heteroatoms. The van der Waals surface area contributed by atoms with E-state index in [-0.39, 0.29) is 17.9 Å². The molecule has 1 aromatic carbocycles. The number of halogens is 3. The summed E-state index contributed by atoms with van der Waals surface area (Å²) in [4.78, 5) is 24.0. The Balaban J connectivity index is 1.41. The highest BCUT2D eigenvalue weighted by Crippen LogP contribution is 2.60. The molecule has 0 heterocycles. The third kappa shape index (κ3) is 3.69. The summed E-state index contributed by atoms with van der Waals surface area (Å²) in [5.74, 6) is 0.0475. The van der Waals surface area contributed by atoms with Crippen LogP contribution in [0.1, 0.15) is 44.1 Å². The molecule has 0 aromatic heterocycles. The van der Waals surface area contributed by atoms with Crippen molar-refractivity contribution in [2.75, 3.05) is 5.32 Å². The van der Waals surface area contributed by atoms with Gasteiger partial charge in [0.25, 0.3) is 0 Å². The number of alkyl halides is 3. The topological polar surface area (TPSA) is 58.2 Å². The van der Waals surface area contributed by atoms with Crippen LogP contribution in [0.2, 0.25) is 0 Å². The van der Waals surface area contributed by atoms with Gasteiger partial charge in [0, 0.05) is 12.2 Å². The summed E-state index contributed by atoms with van der Waals surface area (Å²) in [7, 11) is 0. The van der Waals surface area contributed by atoms with Crippen LogP contribution in [0.15, 0.2) is 24.3 Å². The van der Waals surface area contributed by atoms with E-state index < -0.39 is 12.1 Å². The van der Waals surface area contributed by atoms with Crippen molar-refractivity contribution in [3.8, 4) is 0 Å². The third-order valence-electron chi connectivity index (χ3n) is 6.42. The molecule has 4 aliphatic carbocycles. The molecule has 4 bridgehead atoms. The molecule has 4 saturated carbocycles. The van der Waals surface area contributed by atoms with E-state index in [0.717, 1.165) is 19.3 Å². The van der Waals surface area contributed by atoms with Gasteiger partial charge in [0.2, 0.25) is 5.91 Å². The number of hydrogen-bond acceptors (Lipinski definition) is 2. The molecule has 2 N–H and O–H groups in total. The van der Waals surface area contributed by atoms with Crippen molar-refractivity contribution in [3.63, 3.8) is 0 Å². The predicted molar refractivity (Wildman–Crippen MR) is 93.6 cm³/mol. The smallest absolute Gasteiger partial charge is 0.344 e. The van der Waals surface area contributed by atoms with Gasteiger partial charge in [-0.3, -0.25) is 9.59 Å². The number of rotatable bonds is 4. The molecular formula is C20H23F3N2O2. The molecule has 4 nitrogen and oxygen atoms in total. The molecule has 0 saturated heterocycles. The summed E-state index contributed by atoms with van der Waals surface area (Å²) < 4.78 is 36.9. The van der Waals surface area contributed by atoms with Crippen LogP contribution in [0.4, 0.5) is 18.9 Å². The lowest BCUT2D eigenvalue weighted by Gasteiger charge is -2.55. The monoisotopic (exact) mass is 380 g/mol. The number of nitrogens with one attached hydrogen (secondary N) is 2. The van der Waals surface area contributed by atoms with Crippen molar-refractivity contribution >= 4 is 17.5 Å². The van der Waals surface area contributed by atoms with Crippen molar-refractivity contribution < 1.29 is 22.8 Å². The second kappa shape index (κ2) is 6.53. The summed E-state index contributed by atoms with van der Waals surface area (Å²) in [6.45, 7) is -0.237. The highest BCUT2D eigenvalue weighted by Gasteiger charge is 2.54. The Morgan fingerprint density at radius 1 is 1.04 bits per heavy atom. The van der Waals surface area contributed by atoms with Gasteiger partial charge in [-0.1, -0.05) is 12.1 Å². The van der Waals surface area contributed by atoms with Gasteiger partial charge in [-0.2, -0.15) is 13.2 Å². The van der Waals surface area contributed by atoms with E-state index in [1.807, 2.05) is 5.32 Å². The Kier molecular flexibility index (Phi) is 4.43. The maximum Gasteiger partial charge on any atom is 0.471 e. The van der Waals surface area contributed by atoms with Crippen LogP contribution in [0.25, 0.3) is 0 Å². The first-order valence-electron chi connectivity index (χ1n) is 9.49. The average Bonchev–Trinajstić information content (AvgIpc) is 2.58. The highest BCUT2D eigenvalue weighted by molar-refractivity contribution is 5.95. The van der Waals surface area contributed by atoms with E-state index in [9.17, 15) is 22.8 Å². The molecule has 0 atom stereocenters. The largest absolute Gasteiger partial charge is 0.471 e. The Hall–Kier alpha value is -2.05. The Bertz CT molecular complexity index is 725. The van der Waals surface area contributed by atoms with E-state index in [4.69, 9.17) is 0 Å². The van der Waals surface area contributed by atoms with Gasteiger partial charge in [-0.15, -0.1) is 0 Å². The fraction of sp³-hybridized carbons (Fsp3) is 0.600. The van der Waals surface area contributed by atoms with Gasteiger partial charge in [-0.05, 0) is 74.0 Å². The molecule has 27 heavy (non-hydrogen) atoms. The molecule has 0 radical (unpaired) electrons. The van der Waals surface area contributed by atoms with E-state index in [2.05, 4.69) is 5.32 Å². The van der Waals surface area contributed by atoms with Gasteiger partial charge in [0.05, 0.1) is 5.41 Å². The molecule has 4 fully saturated rings. The number of anilines is 1. The zero-order chi connectivity index (χ0) is 19.2. The van der Waals surface area contributed by atoms with Crippen LogP contribution in [0.3, 0.4) is 0 Å². The highest BCUT2D eigenvalue weighted by atomic mass is 19.4. The molecule has 4 aliphatic rings. The molecule has 0 unspecified atom stereocenters. The second-order valence-electron chi connectivity index (χ2n) is 8.53. The number of amides is 2. The summed E-state index contributed by atoms with van der Waals surface area (Å²) >= 11 is 0. The minimum absolute atomic E-state index is 0.0399. The molecule has 1 aromatic rings. The van der Waals surface area contributed by atoms with Crippen LogP contribution in [0, 0.1) is 23.2 Å². The van der Waals surface area contributed by atoms with Gasteiger partial charge in [-0.25, -0.2) is 0 Å². The first-order chi connectivity index (χ1) is 12.7. The molecule has 5 rings (SSSR count). The van der Waals surface area contributed by atoms with Crippen molar-refractivity contribution in [3.05, 3.63) is 29.8 Å². The molecule has 0 spiro atoms. The summed E-state index contributed by atoms with van der Waals surface area (Å²) in [5, 5.41) is 4.83. The zero-order valence-corrected chi connectivity index (χ0v) is 14.9. The standard InChI is InChI=1S/C20H23F3N2O2/c21-20(22,23)18(27)24-11-12-2-1-3-16(7-12)25-17(26)19-8-13-4-14(9-19)6-15(5-13)10-19/h1-3,7,13-15H,4-6,8-11H2,(H,24,27)(H,25,26). The van der Waals surface area contributed by atoms with Crippen molar-refractivity contribution in [2.24, 2.45) is 23.2 Å². The Morgan fingerprint density at radius 3 is 2.19 bits per heavy atom. The minimum atomic E-state index is -4.90. The lowest BCUT2D eigenvalue weighted by atomic mass is 9.49. The van der Waals surface area contributed by atoms with Crippen LogP contribution >= 0.6 is 0 Å². The van der Waals surface area contributed by atoms with E-state index >= 15 is 0 Å². The number of benzene rings is 1. The molecule has 0 aliphatic heterocycles. The molecular weight excluding hydrogens is 357 g/mol. The van der Waals surface area contributed by atoms with Crippen molar-refractivity contribution in [1.29, 1.82) is 0 Å². The SMILES string of the molecule is O=C(NCc1cccc(NC(=O)C23CC4CC(CC(C4)C2)C3)c1)C(F)(F)F. The maximum atomic E-state index is 13.0. The Morgan fingerprint density at radius 2 is 1.63 bits per heavy atom. The summed E-state index contributed by atoms with van der Waals surface area (Å²) in [6.07, 6.45) is 1.71. The second-order valence-corrected chi connectivity index (χ2v) is 8.53. The van der Waals surface area contributed by atoms with E-state index in [1.165, 1.54) is 19.3 Å².